The lowest BCUT2D eigenvalue weighted by Crippen LogP contribution is -2.25. The molecule has 4 aromatic rings. The third-order valence-corrected chi connectivity index (χ3v) is 6.61. The van der Waals surface area contributed by atoms with E-state index in [-0.39, 0.29) is 17.2 Å². The van der Waals surface area contributed by atoms with Gasteiger partial charge in [0.1, 0.15) is 16.8 Å². The molecule has 2 heterocycles. The van der Waals surface area contributed by atoms with E-state index >= 15 is 0 Å². The summed E-state index contributed by atoms with van der Waals surface area (Å²) >= 11 is 7.39. The molecule has 176 valence electrons. The highest BCUT2D eigenvalue weighted by Crippen LogP contribution is 2.30. The summed E-state index contributed by atoms with van der Waals surface area (Å²) in [6, 6.07) is 14.9. The monoisotopic (exact) mass is 496 g/mol. The number of nitrogens with zero attached hydrogens (tertiary/aromatic N) is 3. The van der Waals surface area contributed by atoms with Crippen molar-refractivity contribution in [1.29, 1.82) is 0 Å². The van der Waals surface area contributed by atoms with E-state index in [2.05, 4.69) is 5.32 Å². The number of hydrogen-bond donors (Lipinski definition) is 1. The van der Waals surface area contributed by atoms with Crippen LogP contribution < -0.4 is 15.6 Å². The number of halogens is 1. The molecule has 4 rings (SSSR count). The second-order valence-corrected chi connectivity index (χ2v) is 9.10. The van der Waals surface area contributed by atoms with E-state index < -0.39 is 0 Å². The van der Waals surface area contributed by atoms with Crippen molar-refractivity contribution in [3.8, 4) is 16.9 Å². The van der Waals surface area contributed by atoms with Gasteiger partial charge in [0.05, 0.1) is 17.9 Å². The number of fused-ring (bicyclic) bond motifs is 1. The molecule has 0 atom stereocenters. The van der Waals surface area contributed by atoms with Gasteiger partial charge in [-0.1, -0.05) is 60.6 Å². The first-order valence-corrected chi connectivity index (χ1v) is 12.2. The van der Waals surface area contributed by atoms with Crippen molar-refractivity contribution in [2.75, 3.05) is 18.2 Å². The molecular formula is C25H25ClN4O3S. The van der Waals surface area contributed by atoms with E-state index in [1.54, 1.807) is 22.8 Å². The number of rotatable bonds is 8. The lowest BCUT2D eigenvalue weighted by atomic mass is 10.1. The molecule has 0 saturated carbocycles. The molecule has 2 aromatic heterocycles. The molecule has 0 saturated heterocycles. The van der Waals surface area contributed by atoms with Gasteiger partial charge >= 0.3 is 0 Å². The Morgan fingerprint density at radius 1 is 1.21 bits per heavy atom. The van der Waals surface area contributed by atoms with E-state index in [4.69, 9.17) is 21.3 Å². The van der Waals surface area contributed by atoms with Gasteiger partial charge in [-0.25, -0.2) is 4.98 Å². The number of aromatic nitrogens is 3. The molecule has 1 N–H and O–H groups in total. The molecule has 0 aliphatic heterocycles. The molecule has 0 aliphatic carbocycles. The number of carbonyl (C=O) groups is 1. The average molecular weight is 497 g/mol. The Labute approximate surface area is 206 Å². The van der Waals surface area contributed by atoms with E-state index in [9.17, 15) is 9.59 Å². The van der Waals surface area contributed by atoms with Crippen LogP contribution in [0.25, 0.3) is 22.2 Å². The summed E-state index contributed by atoms with van der Waals surface area (Å²) in [7, 11) is 3.39. The third kappa shape index (κ3) is 4.83. The molecule has 0 spiro atoms. The largest absolute Gasteiger partial charge is 0.495 e. The normalized spacial score (nSPS) is 11.1. The Morgan fingerprint density at radius 2 is 1.97 bits per heavy atom. The fourth-order valence-corrected chi connectivity index (χ4v) is 4.86. The number of thioether (sulfide) groups is 1. The summed E-state index contributed by atoms with van der Waals surface area (Å²) in [6.07, 6.45) is 2.70. The fraction of sp³-hybridized carbons (Fsp3) is 0.240. The van der Waals surface area contributed by atoms with Crippen LogP contribution in [-0.2, 0) is 18.4 Å². The zero-order valence-electron chi connectivity index (χ0n) is 19.2. The van der Waals surface area contributed by atoms with Crippen LogP contribution >= 0.6 is 23.4 Å². The smallest absolute Gasteiger partial charge is 0.278 e. The Bertz CT molecular complexity index is 1400. The summed E-state index contributed by atoms with van der Waals surface area (Å²) in [5.41, 5.74) is 3.52. The van der Waals surface area contributed by atoms with Gasteiger partial charge in [-0.15, -0.1) is 0 Å². The van der Waals surface area contributed by atoms with Crippen LogP contribution in [0, 0.1) is 0 Å². The Morgan fingerprint density at radius 3 is 2.65 bits per heavy atom. The van der Waals surface area contributed by atoms with Crippen LogP contribution in [0.3, 0.4) is 0 Å². The third-order valence-electron chi connectivity index (χ3n) is 5.34. The van der Waals surface area contributed by atoms with Crippen molar-refractivity contribution in [3.63, 3.8) is 0 Å². The minimum absolute atomic E-state index is 0.0960. The fourth-order valence-electron chi connectivity index (χ4n) is 3.78. The molecular weight excluding hydrogens is 472 g/mol. The molecule has 0 fully saturated rings. The predicted molar refractivity (Wildman–Crippen MR) is 138 cm³/mol. The second kappa shape index (κ2) is 10.4. The van der Waals surface area contributed by atoms with Gasteiger partial charge in [0.2, 0.25) is 5.91 Å². The number of hydrogen-bond acceptors (Lipinski definition) is 5. The maximum Gasteiger partial charge on any atom is 0.278 e. The topological polar surface area (TPSA) is 78.2 Å². The molecule has 9 heteroatoms. The standard InChI is InChI=1S/C25H25ClN4O3S/c1-4-12-30-24(32)23-22(18(14-29(23)2)16-8-6-5-7-9-16)28-25(30)34-15-21(31)27-17-10-11-20(33-3)19(26)13-17/h5-11,13-14H,4,12,15H2,1-3H3,(H,27,31). The number of amides is 1. The van der Waals surface area contributed by atoms with Crippen LogP contribution in [0.2, 0.25) is 5.02 Å². The molecule has 0 unspecified atom stereocenters. The lowest BCUT2D eigenvalue weighted by Gasteiger charge is -2.12. The van der Waals surface area contributed by atoms with Gasteiger partial charge in [0.15, 0.2) is 5.16 Å². The Kier molecular flexibility index (Phi) is 7.29. The zero-order chi connectivity index (χ0) is 24.2. The van der Waals surface area contributed by atoms with Crippen molar-refractivity contribution >= 4 is 46.0 Å². The van der Waals surface area contributed by atoms with Crippen LogP contribution in [0.1, 0.15) is 13.3 Å². The highest BCUT2D eigenvalue weighted by Gasteiger charge is 2.19. The first-order chi connectivity index (χ1) is 16.4. The first-order valence-electron chi connectivity index (χ1n) is 10.8. The number of ether oxygens (including phenoxy) is 1. The maximum absolute atomic E-state index is 13.4. The average Bonchev–Trinajstić information content (AvgIpc) is 3.17. The van der Waals surface area contributed by atoms with Gasteiger partial charge in [0, 0.05) is 31.0 Å². The number of methoxy groups -OCH3 is 1. The molecule has 34 heavy (non-hydrogen) atoms. The van der Waals surface area contributed by atoms with Crippen LogP contribution in [0.4, 0.5) is 5.69 Å². The number of carbonyl (C=O) groups excluding carboxylic acids is 1. The highest BCUT2D eigenvalue weighted by molar-refractivity contribution is 7.99. The van der Waals surface area contributed by atoms with Crippen LogP contribution in [0.5, 0.6) is 5.75 Å². The molecule has 2 aromatic carbocycles. The molecule has 0 radical (unpaired) electrons. The number of nitrogens with one attached hydrogen (secondary N) is 1. The van der Waals surface area contributed by atoms with Crippen molar-refractivity contribution < 1.29 is 9.53 Å². The Balaban J connectivity index is 1.64. The summed E-state index contributed by atoms with van der Waals surface area (Å²) in [5, 5.41) is 3.76. The van der Waals surface area contributed by atoms with Crippen LogP contribution in [0.15, 0.2) is 64.7 Å². The van der Waals surface area contributed by atoms with Crippen molar-refractivity contribution in [1.82, 2.24) is 14.1 Å². The summed E-state index contributed by atoms with van der Waals surface area (Å²) in [6.45, 7) is 2.53. The zero-order valence-corrected chi connectivity index (χ0v) is 20.7. The quantitative estimate of drug-likeness (QED) is 0.268. The summed E-state index contributed by atoms with van der Waals surface area (Å²) in [4.78, 5) is 30.9. The Hall–Kier alpha value is -3.23. The van der Waals surface area contributed by atoms with Gasteiger partial charge in [0.25, 0.3) is 5.56 Å². The lowest BCUT2D eigenvalue weighted by molar-refractivity contribution is -0.113. The molecule has 7 nitrogen and oxygen atoms in total. The summed E-state index contributed by atoms with van der Waals surface area (Å²) < 4.78 is 8.62. The second-order valence-electron chi connectivity index (χ2n) is 7.75. The van der Waals surface area contributed by atoms with Gasteiger partial charge in [-0.05, 0) is 30.2 Å². The van der Waals surface area contributed by atoms with Gasteiger partial charge < -0.3 is 14.6 Å². The van der Waals surface area contributed by atoms with Crippen molar-refractivity contribution in [2.24, 2.45) is 7.05 Å². The first kappa shape index (κ1) is 23.9. The number of aryl methyl sites for hydroxylation is 1. The minimum Gasteiger partial charge on any atom is -0.495 e. The van der Waals surface area contributed by atoms with E-state index in [0.29, 0.717) is 39.2 Å². The minimum atomic E-state index is -0.222. The number of benzene rings is 2. The van der Waals surface area contributed by atoms with E-state index in [1.165, 1.54) is 18.9 Å². The van der Waals surface area contributed by atoms with Gasteiger partial charge in [-0.2, -0.15) is 0 Å². The van der Waals surface area contributed by atoms with E-state index in [1.807, 2.05) is 55.1 Å². The molecule has 0 aliphatic rings. The highest BCUT2D eigenvalue weighted by atomic mass is 35.5. The molecule has 1 amide bonds. The maximum atomic E-state index is 13.4. The van der Waals surface area contributed by atoms with Crippen LogP contribution in [-0.4, -0.2) is 32.9 Å². The number of anilines is 1. The van der Waals surface area contributed by atoms with Crippen molar-refractivity contribution in [2.45, 2.75) is 25.0 Å². The van der Waals surface area contributed by atoms with E-state index in [0.717, 1.165) is 17.5 Å². The molecule has 0 bridgehead atoms. The van der Waals surface area contributed by atoms with Gasteiger partial charge in [-0.3, -0.25) is 14.2 Å². The predicted octanol–water partition coefficient (Wildman–Crippen LogP) is 5.20. The van der Waals surface area contributed by atoms with Crippen molar-refractivity contribution in [3.05, 3.63) is 70.1 Å². The SMILES string of the molecule is CCCn1c(SCC(=O)Nc2ccc(OC)c(Cl)c2)nc2c(-c3ccccc3)cn(C)c2c1=O. The summed E-state index contributed by atoms with van der Waals surface area (Å²) in [5.74, 6) is 0.408.